The zero-order chi connectivity index (χ0) is 19.7. The predicted molar refractivity (Wildman–Crippen MR) is 103 cm³/mol. The minimum absolute atomic E-state index is 0.0785. The summed E-state index contributed by atoms with van der Waals surface area (Å²) in [4.78, 5) is 12.4. The van der Waals surface area contributed by atoms with E-state index in [2.05, 4.69) is 31.7 Å². The van der Waals surface area contributed by atoms with E-state index in [4.69, 9.17) is 9.72 Å². The van der Waals surface area contributed by atoms with Crippen LogP contribution in [0.15, 0.2) is 30.9 Å². The summed E-state index contributed by atoms with van der Waals surface area (Å²) >= 11 is 0. The van der Waals surface area contributed by atoms with Crippen molar-refractivity contribution in [2.45, 2.75) is 44.3 Å². The number of alkyl halides is 2. The van der Waals surface area contributed by atoms with E-state index >= 15 is 0 Å². The van der Waals surface area contributed by atoms with Gasteiger partial charge in [-0.2, -0.15) is 0 Å². The van der Waals surface area contributed by atoms with E-state index in [-0.39, 0.29) is 18.6 Å². The first-order chi connectivity index (χ1) is 13.6. The lowest BCUT2D eigenvalue weighted by Gasteiger charge is -2.19. The van der Waals surface area contributed by atoms with Gasteiger partial charge in [-0.3, -0.25) is 0 Å². The van der Waals surface area contributed by atoms with Gasteiger partial charge in [0.1, 0.15) is 17.0 Å². The fourth-order valence-corrected chi connectivity index (χ4v) is 4.04. The van der Waals surface area contributed by atoms with E-state index in [0.717, 1.165) is 47.2 Å². The van der Waals surface area contributed by atoms with Crippen LogP contribution in [-0.4, -0.2) is 45.6 Å². The van der Waals surface area contributed by atoms with Gasteiger partial charge in [0.2, 0.25) is 0 Å². The third-order valence-electron chi connectivity index (χ3n) is 5.33. The molecule has 2 atom stereocenters. The number of rotatable bonds is 8. The number of hydrogen-bond acceptors (Lipinski definition) is 5. The first-order valence-electron chi connectivity index (χ1n) is 9.38. The fraction of sp³-hybridized carbons (Fsp3) is 0.474. The maximum atomic E-state index is 12.6. The van der Waals surface area contributed by atoms with Crippen LogP contribution >= 0.6 is 0 Å². The smallest absolute Gasteiger partial charge is 0.250 e. The molecular formula is C19H24F2N6O. The Morgan fingerprint density at radius 2 is 2.32 bits per heavy atom. The minimum atomic E-state index is -2.33. The number of nitrogens with zero attached hydrogens (tertiary/aromatic N) is 3. The molecule has 7 nitrogen and oxygen atoms in total. The number of aromatic amines is 1. The molecule has 0 aliphatic heterocycles. The normalized spacial score (nSPS) is 19.7. The lowest BCUT2D eigenvalue weighted by Crippen LogP contribution is -2.31. The summed E-state index contributed by atoms with van der Waals surface area (Å²) in [6, 6.07) is 2.25. The molecule has 0 radical (unpaired) electrons. The van der Waals surface area contributed by atoms with Gasteiger partial charge in [-0.05, 0) is 31.9 Å². The standard InChI is InChI=1S/C19H24F2N6O/c1-11(28-2)23-10-17-26-15-8-25-19-14(5-6-22-19)18(15)27(17)13-4-3-12(7-13)24-9-16(20)21/h5-6,8,12-13,16,23-24H,1,3-4,7,9-10H2,2H3,(H,22,25)/t12-,13+/m1/s1. The van der Waals surface area contributed by atoms with Gasteiger partial charge in [-0.25, -0.2) is 18.7 Å². The zero-order valence-corrected chi connectivity index (χ0v) is 15.7. The van der Waals surface area contributed by atoms with Crippen molar-refractivity contribution in [1.82, 2.24) is 30.2 Å². The van der Waals surface area contributed by atoms with E-state index in [1.165, 1.54) is 0 Å². The summed E-state index contributed by atoms with van der Waals surface area (Å²) in [6.45, 7) is 3.98. The second-order valence-corrected chi connectivity index (χ2v) is 7.07. The molecule has 28 heavy (non-hydrogen) atoms. The van der Waals surface area contributed by atoms with Crippen LogP contribution in [0.25, 0.3) is 22.1 Å². The molecule has 3 aromatic rings. The SMILES string of the molecule is C=C(NCc1nc2cnc3[nH]ccc3c2n1[C@H]1CC[C@@H](NCC(F)F)C1)OC. The Labute approximate surface area is 161 Å². The molecule has 1 saturated carbocycles. The second-order valence-electron chi connectivity index (χ2n) is 7.07. The van der Waals surface area contributed by atoms with Crippen LogP contribution in [-0.2, 0) is 11.3 Å². The largest absolute Gasteiger partial charge is 0.483 e. The van der Waals surface area contributed by atoms with Crippen molar-refractivity contribution < 1.29 is 13.5 Å². The number of H-pyrrole nitrogens is 1. The van der Waals surface area contributed by atoms with Crippen LogP contribution in [0.3, 0.4) is 0 Å². The fourth-order valence-electron chi connectivity index (χ4n) is 4.04. The molecule has 0 amide bonds. The van der Waals surface area contributed by atoms with Gasteiger partial charge < -0.3 is 24.9 Å². The van der Waals surface area contributed by atoms with Crippen molar-refractivity contribution in [3.8, 4) is 0 Å². The number of imidazole rings is 1. The summed E-state index contributed by atoms with van der Waals surface area (Å²) in [6.07, 6.45) is 3.83. The molecule has 150 valence electrons. The number of aromatic nitrogens is 4. The van der Waals surface area contributed by atoms with Crippen molar-refractivity contribution in [3.05, 3.63) is 36.7 Å². The van der Waals surface area contributed by atoms with Crippen LogP contribution in [0.4, 0.5) is 8.78 Å². The van der Waals surface area contributed by atoms with Gasteiger partial charge in [-0.1, -0.05) is 0 Å². The summed E-state index contributed by atoms with van der Waals surface area (Å²) in [5, 5.41) is 7.11. The molecule has 0 saturated heterocycles. The van der Waals surface area contributed by atoms with Gasteiger partial charge in [0.15, 0.2) is 5.88 Å². The van der Waals surface area contributed by atoms with Crippen LogP contribution in [0, 0.1) is 0 Å². The molecule has 1 fully saturated rings. The highest BCUT2D eigenvalue weighted by Gasteiger charge is 2.30. The molecule has 3 heterocycles. The van der Waals surface area contributed by atoms with Crippen LogP contribution in [0.5, 0.6) is 0 Å². The van der Waals surface area contributed by atoms with E-state index in [0.29, 0.717) is 12.4 Å². The Balaban J connectivity index is 1.69. The minimum Gasteiger partial charge on any atom is -0.483 e. The van der Waals surface area contributed by atoms with E-state index in [1.54, 1.807) is 13.3 Å². The van der Waals surface area contributed by atoms with Gasteiger partial charge in [0.25, 0.3) is 6.43 Å². The number of halogens is 2. The average molecular weight is 390 g/mol. The maximum Gasteiger partial charge on any atom is 0.250 e. The van der Waals surface area contributed by atoms with E-state index < -0.39 is 6.43 Å². The summed E-state index contributed by atoms with van der Waals surface area (Å²) in [5.74, 6) is 1.31. The first-order valence-corrected chi connectivity index (χ1v) is 9.38. The summed E-state index contributed by atoms with van der Waals surface area (Å²) in [7, 11) is 1.56. The quantitative estimate of drug-likeness (QED) is 0.515. The first kappa shape index (κ1) is 18.7. The molecule has 1 aliphatic rings. The molecule has 0 spiro atoms. The van der Waals surface area contributed by atoms with E-state index in [9.17, 15) is 8.78 Å². The molecule has 0 aromatic carbocycles. The summed E-state index contributed by atoms with van der Waals surface area (Å²) < 4.78 is 32.5. The van der Waals surface area contributed by atoms with Crippen molar-refractivity contribution in [2.24, 2.45) is 0 Å². The number of fused-ring (bicyclic) bond motifs is 3. The molecule has 0 bridgehead atoms. The molecule has 4 rings (SSSR count). The number of ether oxygens (including phenoxy) is 1. The second kappa shape index (κ2) is 7.75. The molecule has 0 unspecified atom stereocenters. The number of methoxy groups -OCH3 is 1. The molecular weight excluding hydrogens is 366 g/mol. The van der Waals surface area contributed by atoms with Crippen molar-refractivity contribution >= 4 is 22.1 Å². The third kappa shape index (κ3) is 3.54. The predicted octanol–water partition coefficient (Wildman–Crippen LogP) is 3.07. The molecule has 1 aliphatic carbocycles. The maximum absolute atomic E-state index is 12.6. The van der Waals surface area contributed by atoms with Crippen molar-refractivity contribution in [2.75, 3.05) is 13.7 Å². The Kier molecular flexibility index (Phi) is 5.17. The highest BCUT2D eigenvalue weighted by Crippen LogP contribution is 2.36. The Morgan fingerprint density at radius 3 is 3.11 bits per heavy atom. The van der Waals surface area contributed by atoms with Gasteiger partial charge in [0.05, 0.1) is 31.9 Å². The van der Waals surface area contributed by atoms with Crippen LogP contribution in [0.2, 0.25) is 0 Å². The molecule has 3 N–H and O–H groups in total. The highest BCUT2D eigenvalue weighted by atomic mass is 19.3. The monoisotopic (exact) mass is 390 g/mol. The van der Waals surface area contributed by atoms with Gasteiger partial charge >= 0.3 is 0 Å². The Bertz CT molecular complexity index is 982. The highest BCUT2D eigenvalue weighted by molar-refractivity contribution is 6.01. The third-order valence-corrected chi connectivity index (χ3v) is 5.33. The van der Waals surface area contributed by atoms with Gasteiger partial charge in [-0.15, -0.1) is 0 Å². The lowest BCUT2D eigenvalue weighted by atomic mass is 10.2. The molecule has 3 aromatic heterocycles. The van der Waals surface area contributed by atoms with E-state index in [1.807, 2.05) is 12.3 Å². The number of nitrogens with one attached hydrogen (secondary N) is 3. The molecule has 9 heteroatoms. The van der Waals surface area contributed by atoms with Crippen molar-refractivity contribution in [3.63, 3.8) is 0 Å². The van der Waals surface area contributed by atoms with Crippen molar-refractivity contribution in [1.29, 1.82) is 0 Å². The Hall–Kier alpha value is -2.68. The Morgan fingerprint density at radius 1 is 1.46 bits per heavy atom. The zero-order valence-electron chi connectivity index (χ0n) is 15.7. The average Bonchev–Trinajstić information content (AvgIpc) is 3.40. The topological polar surface area (TPSA) is 79.8 Å². The van der Waals surface area contributed by atoms with Crippen LogP contribution < -0.4 is 10.6 Å². The van der Waals surface area contributed by atoms with Gasteiger partial charge in [0, 0.05) is 23.7 Å². The summed E-state index contributed by atoms with van der Waals surface area (Å²) in [5.41, 5.74) is 2.64. The lowest BCUT2D eigenvalue weighted by molar-refractivity contribution is 0.141. The van der Waals surface area contributed by atoms with Crippen LogP contribution in [0.1, 0.15) is 31.1 Å². The number of pyridine rings is 1. The number of hydrogen-bond donors (Lipinski definition) is 3.